The molecule has 3 rings (SSSR count). The fraction of sp³-hybridized carbons (Fsp3) is 0.308. The Kier molecular flexibility index (Phi) is 2.48. The molecule has 0 saturated carbocycles. The Labute approximate surface area is 99.9 Å². The van der Waals surface area contributed by atoms with Crippen LogP contribution in [0.2, 0.25) is 0 Å². The van der Waals surface area contributed by atoms with E-state index in [1.807, 2.05) is 24.3 Å². The third-order valence-corrected chi connectivity index (χ3v) is 3.12. The lowest BCUT2D eigenvalue weighted by Gasteiger charge is -2.13. The summed E-state index contributed by atoms with van der Waals surface area (Å²) < 4.78 is 0. The number of fused-ring (bicyclic) bond motifs is 1. The highest BCUT2D eigenvalue weighted by atomic mass is 15.2. The number of rotatable bonds is 1. The van der Waals surface area contributed by atoms with Gasteiger partial charge in [0.05, 0.1) is 11.4 Å². The average Bonchev–Trinajstić information content (AvgIpc) is 2.39. The lowest BCUT2D eigenvalue weighted by molar-refractivity contribution is 0.634. The summed E-state index contributed by atoms with van der Waals surface area (Å²) in [6, 6.07) is 7.64. The van der Waals surface area contributed by atoms with Crippen LogP contribution in [0.15, 0.2) is 24.3 Å². The van der Waals surface area contributed by atoms with E-state index in [0.717, 1.165) is 29.8 Å². The van der Waals surface area contributed by atoms with Gasteiger partial charge in [-0.3, -0.25) is 0 Å². The highest BCUT2D eigenvalue weighted by Gasteiger charge is 2.15. The molecule has 0 saturated heterocycles. The maximum absolute atomic E-state index is 5.92. The number of para-hydroxylation sites is 1. The van der Waals surface area contributed by atoms with Gasteiger partial charge in [0.1, 0.15) is 0 Å². The largest absolute Gasteiger partial charge is 0.398 e. The van der Waals surface area contributed by atoms with Crippen LogP contribution >= 0.6 is 0 Å². The van der Waals surface area contributed by atoms with Crippen molar-refractivity contribution in [3.8, 4) is 11.4 Å². The molecule has 0 spiro atoms. The van der Waals surface area contributed by atoms with E-state index in [4.69, 9.17) is 5.73 Å². The molecule has 0 amide bonds. The molecular formula is C13H14N4. The van der Waals surface area contributed by atoms with E-state index in [0.29, 0.717) is 11.5 Å². The number of nitrogens with two attached hydrogens (primary N) is 1. The van der Waals surface area contributed by atoms with E-state index < -0.39 is 0 Å². The van der Waals surface area contributed by atoms with E-state index >= 15 is 0 Å². The Bertz CT molecular complexity index is 551. The van der Waals surface area contributed by atoms with Crippen molar-refractivity contribution in [2.45, 2.75) is 25.7 Å². The Morgan fingerprint density at radius 1 is 0.941 bits per heavy atom. The van der Waals surface area contributed by atoms with Crippen molar-refractivity contribution in [3.63, 3.8) is 0 Å². The van der Waals surface area contributed by atoms with Gasteiger partial charge in [0.15, 0.2) is 5.82 Å². The Hall–Kier alpha value is -1.97. The molecule has 4 heteroatoms. The monoisotopic (exact) mass is 226 g/mol. The maximum atomic E-state index is 5.92. The molecule has 1 heterocycles. The van der Waals surface area contributed by atoms with Gasteiger partial charge >= 0.3 is 0 Å². The SMILES string of the molecule is Nc1ccccc1-c1nnc2c(n1)CCCC2. The number of aromatic nitrogens is 3. The summed E-state index contributed by atoms with van der Waals surface area (Å²) in [6.45, 7) is 0. The van der Waals surface area contributed by atoms with Crippen molar-refractivity contribution in [1.29, 1.82) is 0 Å². The highest BCUT2D eigenvalue weighted by molar-refractivity contribution is 5.70. The quantitative estimate of drug-likeness (QED) is 0.755. The summed E-state index contributed by atoms with van der Waals surface area (Å²) in [7, 11) is 0. The van der Waals surface area contributed by atoms with E-state index in [1.54, 1.807) is 0 Å². The molecule has 0 radical (unpaired) electrons. The van der Waals surface area contributed by atoms with Crippen molar-refractivity contribution in [2.75, 3.05) is 5.73 Å². The molecule has 0 aliphatic heterocycles. The van der Waals surface area contributed by atoms with Gasteiger partial charge in [0.2, 0.25) is 0 Å². The van der Waals surface area contributed by atoms with Gasteiger partial charge in [-0.15, -0.1) is 5.10 Å². The summed E-state index contributed by atoms with van der Waals surface area (Å²) >= 11 is 0. The van der Waals surface area contributed by atoms with Crippen LogP contribution in [0, 0.1) is 0 Å². The van der Waals surface area contributed by atoms with Crippen molar-refractivity contribution in [1.82, 2.24) is 15.2 Å². The number of benzene rings is 1. The van der Waals surface area contributed by atoms with E-state index in [9.17, 15) is 0 Å². The fourth-order valence-corrected chi connectivity index (χ4v) is 2.17. The molecule has 1 aromatic heterocycles. The van der Waals surface area contributed by atoms with Crippen LogP contribution in [0.3, 0.4) is 0 Å². The minimum Gasteiger partial charge on any atom is -0.398 e. The van der Waals surface area contributed by atoms with Crippen LogP contribution in [0.25, 0.3) is 11.4 Å². The summed E-state index contributed by atoms with van der Waals surface area (Å²) in [4.78, 5) is 4.59. The number of anilines is 1. The first-order valence-electron chi connectivity index (χ1n) is 5.92. The van der Waals surface area contributed by atoms with Gasteiger partial charge in [-0.25, -0.2) is 4.98 Å². The summed E-state index contributed by atoms with van der Waals surface area (Å²) in [5.74, 6) is 0.642. The molecule has 2 N–H and O–H groups in total. The first-order valence-corrected chi connectivity index (χ1v) is 5.92. The second-order valence-corrected chi connectivity index (χ2v) is 4.32. The van der Waals surface area contributed by atoms with Crippen molar-refractivity contribution in [2.24, 2.45) is 0 Å². The number of hydrogen-bond acceptors (Lipinski definition) is 4. The van der Waals surface area contributed by atoms with Crippen LogP contribution in [-0.4, -0.2) is 15.2 Å². The summed E-state index contributed by atoms with van der Waals surface area (Å²) in [6.07, 6.45) is 4.38. The second kappa shape index (κ2) is 4.13. The van der Waals surface area contributed by atoms with Gasteiger partial charge in [0, 0.05) is 11.3 Å². The molecule has 0 bridgehead atoms. The molecule has 0 unspecified atom stereocenters. The predicted molar refractivity (Wildman–Crippen MR) is 66.3 cm³/mol. The maximum Gasteiger partial charge on any atom is 0.184 e. The Morgan fingerprint density at radius 3 is 2.53 bits per heavy atom. The summed E-state index contributed by atoms with van der Waals surface area (Å²) in [5, 5.41) is 8.45. The van der Waals surface area contributed by atoms with Crippen LogP contribution in [0.1, 0.15) is 24.2 Å². The van der Waals surface area contributed by atoms with E-state index in [2.05, 4.69) is 15.2 Å². The molecule has 1 aromatic carbocycles. The fourth-order valence-electron chi connectivity index (χ4n) is 2.17. The smallest absolute Gasteiger partial charge is 0.184 e. The second-order valence-electron chi connectivity index (χ2n) is 4.32. The zero-order valence-electron chi connectivity index (χ0n) is 9.56. The number of aryl methyl sites for hydroxylation is 2. The Balaban J connectivity index is 2.07. The topological polar surface area (TPSA) is 64.7 Å². The van der Waals surface area contributed by atoms with E-state index in [-0.39, 0.29) is 0 Å². The molecule has 2 aromatic rings. The molecular weight excluding hydrogens is 212 g/mol. The van der Waals surface area contributed by atoms with Gasteiger partial charge in [-0.1, -0.05) is 12.1 Å². The van der Waals surface area contributed by atoms with Crippen molar-refractivity contribution in [3.05, 3.63) is 35.7 Å². The van der Waals surface area contributed by atoms with Gasteiger partial charge < -0.3 is 5.73 Å². The van der Waals surface area contributed by atoms with Gasteiger partial charge in [-0.05, 0) is 37.8 Å². The summed E-state index contributed by atoms with van der Waals surface area (Å²) in [5.41, 5.74) is 9.63. The average molecular weight is 226 g/mol. The first kappa shape index (κ1) is 10.2. The van der Waals surface area contributed by atoms with Crippen molar-refractivity contribution < 1.29 is 0 Å². The van der Waals surface area contributed by atoms with Crippen LogP contribution in [0.5, 0.6) is 0 Å². The van der Waals surface area contributed by atoms with Crippen LogP contribution in [-0.2, 0) is 12.8 Å². The van der Waals surface area contributed by atoms with Crippen LogP contribution in [0.4, 0.5) is 5.69 Å². The number of nitrogens with zero attached hydrogens (tertiary/aromatic N) is 3. The van der Waals surface area contributed by atoms with Crippen LogP contribution < -0.4 is 5.73 Å². The normalized spacial score (nSPS) is 14.4. The molecule has 1 aliphatic carbocycles. The minimum atomic E-state index is 0.642. The number of nitrogen functional groups attached to an aromatic ring is 1. The lowest BCUT2D eigenvalue weighted by atomic mass is 10.0. The number of hydrogen-bond donors (Lipinski definition) is 1. The first-order chi connectivity index (χ1) is 8.34. The standard InChI is InChI=1S/C13H14N4/c14-10-6-2-1-5-9(10)13-15-11-7-3-4-8-12(11)16-17-13/h1-2,5-6H,3-4,7-8,14H2. The zero-order valence-corrected chi connectivity index (χ0v) is 9.56. The molecule has 4 nitrogen and oxygen atoms in total. The minimum absolute atomic E-state index is 0.642. The van der Waals surface area contributed by atoms with Gasteiger partial charge in [-0.2, -0.15) is 5.10 Å². The highest BCUT2D eigenvalue weighted by Crippen LogP contribution is 2.24. The predicted octanol–water partition coefficient (Wildman–Crippen LogP) is 2.00. The third-order valence-electron chi connectivity index (χ3n) is 3.12. The molecule has 1 aliphatic rings. The van der Waals surface area contributed by atoms with E-state index in [1.165, 1.54) is 12.8 Å². The third kappa shape index (κ3) is 1.86. The zero-order chi connectivity index (χ0) is 11.7. The lowest BCUT2D eigenvalue weighted by Crippen LogP contribution is -2.10. The van der Waals surface area contributed by atoms with Crippen molar-refractivity contribution >= 4 is 5.69 Å². The van der Waals surface area contributed by atoms with Gasteiger partial charge in [0.25, 0.3) is 0 Å². The molecule has 0 atom stereocenters. The molecule has 17 heavy (non-hydrogen) atoms. The Morgan fingerprint density at radius 2 is 1.71 bits per heavy atom. The molecule has 86 valence electrons. The molecule has 0 fully saturated rings.